The van der Waals surface area contributed by atoms with Gasteiger partial charge in [-0.1, -0.05) is 22.0 Å². The zero-order valence-electron chi connectivity index (χ0n) is 12.6. The zero-order chi connectivity index (χ0) is 16.2. The fourth-order valence-electron chi connectivity index (χ4n) is 1.71. The van der Waals surface area contributed by atoms with E-state index in [4.69, 9.17) is 14.9 Å². The number of ether oxygens (including phenoxy) is 1. The molecule has 118 valence electrons. The Morgan fingerprint density at radius 1 is 1.36 bits per heavy atom. The minimum atomic E-state index is -0.475. The molecule has 0 aliphatic carbocycles. The van der Waals surface area contributed by atoms with Gasteiger partial charge in [0.05, 0.1) is 0 Å². The average molecular weight is 367 g/mol. The monoisotopic (exact) mass is 366 g/mol. The lowest BCUT2D eigenvalue weighted by atomic mass is 10.1. The summed E-state index contributed by atoms with van der Waals surface area (Å²) in [7, 11) is 0. The second kappa shape index (κ2) is 6.98. The molecule has 1 heterocycles. The van der Waals surface area contributed by atoms with Gasteiger partial charge in [0, 0.05) is 16.6 Å². The Bertz CT molecular complexity index is 652. The smallest absolute Gasteiger partial charge is 0.287 e. The van der Waals surface area contributed by atoms with Crippen molar-refractivity contribution < 1.29 is 13.9 Å². The standard InChI is InChI=1S/C16H19BrN2O3/c1-16(2,10-18)19-15(20)14-7-6-13(22-14)9-21-12-5-3-4-11(17)8-12/h3-8H,9-10,18H2,1-2H3,(H,19,20). The van der Waals surface area contributed by atoms with Crippen LogP contribution in [-0.4, -0.2) is 18.0 Å². The number of carbonyl (C=O) groups is 1. The average Bonchev–Trinajstić information content (AvgIpc) is 2.94. The fourth-order valence-corrected chi connectivity index (χ4v) is 2.09. The van der Waals surface area contributed by atoms with Crippen LogP contribution in [0.2, 0.25) is 0 Å². The van der Waals surface area contributed by atoms with Crippen LogP contribution in [0.5, 0.6) is 5.75 Å². The fraction of sp³-hybridized carbons (Fsp3) is 0.312. The van der Waals surface area contributed by atoms with Gasteiger partial charge in [0.15, 0.2) is 5.76 Å². The summed E-state index contributed by atoms with van der Waals surface area (Å²) in [6, 6.07) is 10.9. The molecule has 0 fully saturated rings. The van der Waals surface area contributed by atoms with Crippen molar-refractivity contribution in [3.63, 3.8) is 0 Å². The van der Waals surface area contributed by atoms with E-state index in [1.807, 2.05) is 38.1 Å². The van der Waals surface area contributed by atoms with Gasteiger partial charge in [-0.05, 0) is 44.2 Å². The first kappa shape index (κ1) is 16.6. The second-order valence-electron chi connectivity index (χ2n) is 5.55. The van der Waals surface area contributed by atoms with Gasteiger partial charge >= 0.3 is 0 Å². The van der Waals surface area contributed by atoms with Crippen LogP contribution < -0.4 is 15.8 Å². The first-order valence-electron chi connectivity index (χ1n) is 6.89. The van der Waals surface area contributed by atoms with Crippen molar-refractivity contribution in [1.29, 1.82) is 0 Å². The Hall–Kier alpha value is -1.79. The van der Waals surface area contributed by atoms with Gasteiger partial charge in [-0.2, -0.15) is 0 Å². The lowest BCUT2D eigenvalue weighted by Gasteiger charge is -2.23. The minimum absolute atomic E-state index is 0.245. The highest BCUT2D eigenvalue weighted by atomic mass is 79.9. The lowest BCUT2D eigenvalue weighted by molar-refractivity contribution is 0.0883. The number of hydrogen-bond donors (Lipinski definition) is 2. The maximum Gasteiger partial charge on any atom is 0.287 e. The van der Waals surface area contributed by atoms with Crippen molar-refractivity contribution in [2.45, 2.75) is 26.0 Å². The molecule has 0 unspecified atom stereocenters. The van der Waals surface area contributed by atoms with Crippen LogP contribution in [-0.2, 0) is 6.61 Å². The molecule has 1 amide bonds. The Kier molecular flexibility index (Phi) is 5.26. The van der Waals surface area contributed by atoms with E-state index in [2.05, 4.69) is 21.2 Å². The van der Waals surface area contributed by atoms with Crippen LogP contribution in [0.15, 0.2) is 45.3 Å². The number of hydrogen-bond acceptors (Lipinski definition) is 4. The SMILES string of the molecule is CC(C)(CN)NC(=O)c1ccc(COc2cccc(Br)c2)o1. The number of benzene rings is 1. The molecule has 0 bridgehead atoms. The van der Waals surface area contributed by atoms with Crippen molar-refractivity contribution in [1.82, 2.24) is 5.32 Å². The van der Waals surface area contributed by atoms with Gasteiger partial charge in [0.2, 0.25) is 0 Å². The van der Waals surface area contributed by atoms with Gasteiger partial charge in [-0.25, -0.2) is 0 Å². The summed E-state index contributed by atoms with van der Waals surface area (Å²) in [6.45, 7) is 4.30. The summed E-state index contributed by atoms with van der Waals surface area (Å²) in [4.78, 5) is 12.0. The number of amides is 1. The number of nitrogens with two attached hydrogens (primary N) is 1. The topological polar surface area (TPSA) is 77.5 Å². The second-order valence-corrected chi connectivity index (χ2v) is 6.47. The van der Waals surface area contributed by atoms with E-state index in [0.717, 1.165) is 10.2 Å². The molecule has 0 atom stereocenters. The van der Waals surface area contributed by atoms with Crippen molar-refractivity contribution in [3.05, 3.63) is 52.4 Å². The Morgan fingerprint density at radius 3 is 2.82 bits per heavy atom. The predicted molar refractivity (Wildman–Crippen MR) is 87.8 cm³/mol. The summed E-state index contributed by atoms with van der Waals surface area (Å²) in [5, 5.41) is 2.81. The Labute approximate surface area is 138 Å². The largest absolute Gasteiger partial charge is 0.486 e. The van der Waals surface area contributed by atoms with E-state index in [1.54, 1.807) is 12.1 Å². The maximum atomic E-state index is 12.0. The van der Waals surface area contributed by atoms with Crippen LogP contribution in [0, 0.1) is 0 Å². The number of halogens is 1. The molecular weight excluding hydrogens is 348 g/mol. The molecule has 0 radical (unpaired) electrons. The third-order valence-corrected chi connectivity index (χ3v) is 3.52. The highest BCUT2D eigenvalue weighted by Gasteiger charge is 2.21. The third-order valence-electron chi connectivity index (χ3n) is 3.02. The molecule has 2 rings (SSSR count). The van der Waals surface area contributed by atoms with Crippen molar-refractivity contribution in [2.75, 3.05) is 6.54 Å². The molecule has 0 aliphatic heterocycles. The van der Waals surface area contributed by atoms with Gasteiger partial charge in [0.25, 0.3) is 5.91 Å². The highest BCUT2D eigenvalue weighted by Crippen LogP contribution is 2.19. The molecule has 0 saturated heterocycles. The summed E-state index contributed by atoms with van der Waals surface area (Å²) >= 11 is 3.38. The van der Waals surface area contributed by atoms with Crippen molar-refractivity contribution in [3.8, 4) is 5.75 Å². The van der Waals surface area contributed by atoms with E-state index in [1.165, 1.54) is 0 Å². The lowest BCUT2D eigenvalue weighted by Crippen LogP contribution is -2.48. The summed E-state index contributed by atoms with van der Waals surface area (Å²) < 4.78 is 12.0. The molecule has 0 saturated carbocycles. The normalized spacial score (nSPS) is 11.3. The van der Waals surface area contributed by atoms with Crippen LogP contribution in [0.1, 0.15) is 30.2 Å². The predicted octanol–water partition coefficient (Wildman–Crippen LogP) is 3.09. The first-order valence-corrected chi connectivity index (χ1v) is 7.68. The molecule has 1 aromatic carbocycles. The van der Waals surface area contributed by atoms with E-state index in [0.29, 0.717) is 12.3 Å². The van der Waals surface area contributed by atoms with E-state index >= 15 is 0 Å². The molecule has 0 spiro atoms. The third kappa shape index (κ3) is 4.61. The summed E-state index contributed by atoms with van der Waals surface area (Å²) in [5.41, 5.74) is 5.12. The van der Waals surface area contributed by atoms with Gasteiger partial charge in [0.1, 0.15) is 18.1 Å². The number of nitrogens with one attached hydrogen (secondary N) is 1. The van der Waals surface area contributed by atoms with E-state index in [-0.39, 0.29) is 18.3 Å². The van der Waals surface area contributed by atoms with Crippen molar-refractivity contribution in [2.24, 2.45) is 5.73 Å². The molecule has 1 aromatic heterocycles. The van der Waals surface area contributed by atoms with Crippen molar-refractivity contribution >= 4 is 21.8 Å². The van der Waals surface area contributed by atoms with Gasteiger partial charge < -0.3 is 20.2 Å². The van der Waals surface area contributed by atoms with E-state index in [9.17, 15) is 4.79 Å². The quantitative estimate of drug-likeness (QED) is 0.823. The molecule has 2 aromatic rings. The molecule has 22 heavy (non-hydrogen) atoms. The zero-order valence-corrected chi connectivity index (χ0v) is 14.1. The molecule has 5 nitrogen and oxygen atoms in total. The molecule has 6 heteroatoms. The highest BCUT2D eigenvalue weighted by molar-refractivity contribution is 9.10. The molecule has 0 aliphatic rings. The Balaban J connectivity index is 1.95. The van der Waals surface area contributed by atoms with Crippen LogP contribution >= 0.6 is 15.9 Å². The summed E-state index contributed by atoms with van der Waals surface area (Å²) in [6.07, 6.45) is 0. The number of carbonyl (C=O) groups excluding carboxylic acids is 1. The molecule has 3 N–H and O–H groups in total. The van der Waals surface area contributed by atoms with Crippen LogP contribution in [0.25, 0.3) is 0 Å². The summed E-state index contributed by atoms with van der Waals surface area (Å²) in [5.74, 6) is 1.26. The maximum absolute atomic E-state index is 12.0. The minimum Gasteiger partial charge on any atom is -0.486 e. The van der Waals surface area contributed by atoms with Gasteiger partial charge in [-0.15, -0.1) is 0 Å². The first-order chi connectivity index (χ1) is 10.4. The van der Waals surface area contributed by atoms with Crippen LogP contribution in [0.3, 0.4) is 0 Å². The number of furan rings is 1. The Morgan fingerprint density at radius 2 is 2.14 bits per heavy atom. The van der Waals surface area contributed by atoms with E-state index < -0.39 is 5.54 Å². The molecular formula is C16H19BrN2O3. The number of rotatable bonds is 6. The van der Waals surface area contributed by atoms with Gasteiger partial charge in [-0.3, -0.25) is 4.79 Å². The van der Waals surface area contributed by atoms with Crippen LogP contribution in [0.4, 0.5) is 0 Å².